The van der Waals surface area contributed by atoms with Crippen LogP contribution in [0.2, 0.25) is 5.02 Å². The minimum atomic E-state index is -3.63. The second-order valence-corrected chi connectivity index (χ2v) is 7.91. The average molecular weight is 427 g/mol. The van der Waals surface area contributed by atoms with Crippen molar-refractivity contribution in [3.8, 4) is 5.75 Å². The van der Waals surface area contributed by atoms with Crippen molar-refractivity contribution in [3.05, 3.63) is 59.1 Å². The predicted octanol–water partition coefficient (Wildman–Crippen LogP) is 1.44. The van der Waals surface area contributed by atoms with Crippen LogP contribution in [0.25, 0.3) is 0 Å². The summed E-state index contributed by atoms with van der Waals surface area (Å²) in [5.74, 6) is -1.27. The summed E-state index contributed by atoms with van der Waals surface area (Å²) in [5.41, 5.74) is 0.808. The van der Waals surface area contributed by atoms with Gasteiger partial charge in [-0.05, 0) is 48.4 Å². The Morgan fingerprint density at radius 3 is 2.50 bits per heavy atom. The Kier molecular flexibility index (Phi) is 7.80. The highest BCUT2D eigenvalue weighted by Crippen LogP contribution is 2.15. The topological polar surface area (TPSA) is 122 Å². The van der Waals surface area contributed by atoms with Crippen LogP contribution in [0.3, 0.4) is 0 Å². The summed E-state index contributed by atoms with van der Waals surface area (Å²) in [4.78, 5) is 22.0. The first kappa shape index (κ1) is 21.7. The molecule has 2 aromatic rings. The minimum absolute atomic E-state index is 0.126. The summed E-state index contributed by atoms with van der Waals surface area (Å²) in [6, 6.07) is 12.7. The molecule has 10 heteroatoms. The summed E-state index contributed by atoms with van der Waals surface area (Å²) in [5, 5.41) is 11.1. The molecule has 0 atom stereocenters. The number of ether oxygens (including phenoxy) is 1. The first-order chi connectivity index (χ1) is 13.3. The van der Waals surface area contributed by atoms with E-state index in [1.165, 1.54) is 24.3 Å². The Morgan fingerprint density at radius 1 is 1.11 bits per heavy atom. The number of sulfonamides is 1. The first-order valence-electron chi connectivity index (χ1n) is 8.22. The van der Waals surface area contributed by atoms with E-state index in [1.807, 2.05) is 0 Å². The minimum Gasteiger partial charge on any atom is -0.484 e. The highest BCUT2D eigenvalue weighted by molar-refractivity contribution is 7.89. The van der Waals surface area contributed by atoms with E-state index < -0.39 is 28.4 Å². The lowest BCUT2D eigenvalue weighted by molar-refractivity contribution is -0.138. The molecule has 8 nitrogen and oxygen atoms in total. The first-order valence-corrected chi connectivity index (χ1v) is 10.1. The normalized spacial score (nSPS) is 11.0. The lowest BCUT2D eigenvalue weighted by atomic mass is 10.1. The van der Waals surface area contributed by atoms with Crippen molar-refractivity contribution in [2.24, 2.45) is 0 Å². The fraction of sp³-hybridized carbons (Fsp3) is 0.222. The maximum atomic E-state index is 12.2. The van der Waals surface area contributed by atoms with Crippen molar-refractivity contribution >= 4 is 33.5 Å². The SMILES string of the molecule is O=C(O)CNC(=O)COc1cccc(CCNS(=O)(=O)c2ccc(Cl)cc2)c1. The Labute approximate surface area is 167 Å². The molecule has 0 radical (unpaired) electrons. The van der Waals surface area contributed by atoms with Gasteiger partial charge in [0.25, 0.3) is 5.91 Å². The number of carboxylic acid groups (broad SMARTS) is 1. The van der Waals surface area contributed by atoms with E-state index in [0.29, 0.717) is 17.2 Å². The number of aliphatic carboxylic acids is 1. The number of carboxylic acids is 1. The highest BCUT2D eigenvalue weighted by atomic mass is 35.5. The van der Waals surface area contributed by atoms with Crippen LogP contribution in [-0.4, -0.2) is 45.1 Å². The Hall–Kier alpha value is -2.62. The second kappa shape index (κ2) is 10.1. The number of carbonyl (C=O) groups excluding carboxylic acids is 1. The van der Waals surface area contributed by atoms with Gasteiger partial charge in [-0.3, -0.25) is 9.59 Å². The van der Waals surface area contributed by atoms with Crippen molar-refractivity contribution in [2.45, 2.75) is 11.3 Å². The molecular formula is C18H19ClN2O6S. The zero-order valence-corrected chi connectivity index (χ0v) is 16.3. The number of nitrogens with one attached hydrogen (secondary N) is 2. The number of carbonyl (C=O) groups is 2. The zero-order valence-electron chi connectivity index (χ0n) is 14.7. The van der Waals surface area contributed by atoms with Crippen LogP contribution in [0.1, 0.15) is 5.56 Å². The smallest absolute Gasteiger partial charge is 0.322 e. The van der Waals surface area contributed by atoms with Crippen molar-refractivity contribution < 1.29 is 27.9 Å². The van der Waals surface area contributed by atoms with E-state index in [0.717, 1.165) is 5.56 Å². The van der Waals surface area contributed by atoms with Gasteiger partial charge in [0.05, 0.1) is 4.90 Å². The van der Waals surface area contributed by atoms with Crippen LogP contribution in [0, 0.1) is 0 Å². The van der Waals surface area contributed by atoms with Crippen molar-refractivity contribution in [3.63, 3.8) is 0 Å². The number of amides is 1. The van der Waals surface area contributed by atoms with Gasteiger partial charge < -0.3 is 15.2 Å². The summed E-state index contributed by atoms with van der Waals surface area (Å²) in [6.45, 7) is -0.622. The number of hydrogen-bond donors (Lipinski definition) is 3. The maximum Gasteiger partial charge on any atom is 0.322 e. The Morgan fingerprint density at radius 2 is 1.82 bits per heavy atom. The third-order valence-corrected chi connectivity index (χ3v) is 5.26. The van der Waals surface area contributed by atoms with Crippen molar-refractivity contribution in [1.82, 2.24) is 10.0 Å². The standard InChI is InChI=1S/C18H19ClN2O6S/c19-14-4-6-16(7-5-14)28(25,26)21-9-8-13-2-1-3-15(10-13)27-12-17(22)20-11-18(23)24/h1-7,10,21H,8-9,11-12H2,(H,20,22)(H,23,24). The van der Waals surface area contributed by atoms with Gasteiger partial charge in [0.1, 0.15) is 12.3 Å². The molecule has 0 bridgehead atoms. The lowest BCUT2D eigenvalue weighted by Crippen LogP contribution is -2.33. The quantitative estimate of drug-likeness (QED) is 0.528. The summed E-state index contributed by atoms with van der Waals surface area (Å²) in [6.07, 6.45) is 0.412. The van der Waals surface area contributed by atoms with Gasteiger partial charge in [0.15, 0.2) is 6.61 Å². The fourth-order valence-corrected chi connectivity index (χ4v) is 3.35. The van der Waals surface area contributed by atoms with Gasteiger partial charge in [-0.25, -0.2) is 13.1 Å². The molecule has 1 amide bonds. The molecule has 2 aromatic carbocycles. The zero-order chi connectivity index (χ0) is 20.6. The number of rotatable bonds is 10. The highest BCUT2D eigenvalue weighted by Gasteiger charge is 2.13. The van der Waals surface area contributed by atoms with Gasteiger partial charge in [-0.2, -0.15) is 0 Å². The van der Waals surface area contributed by atoms with Crippen LogP contribution in [0.15, 0.2) is 53.4 Å². The fourth-order valence-electron chi connectivity index (χ4n) is 2.19. The molecule has 0 fully saturated rings. The Bertz CT molecular complexity index is 931. The molecular weight excluding hydrogens is 408 g/mol. The molecule has 150 valence electrons. The number of hydrogen-bond acceptors (Lipinski definition) is 5. The van der Waals surface area contributed by atoms with E-state index in [-0.39, 0.29) is 18.0 Å². The molecule has 28 heavy (non-hydrogen) atoms. The van der Waals surface area contributed by atoms with Crippen LogP contribution < -0.4 is 14.8 Å². The predicted molar refractivity (Wildman–Crippen MR) is 103 cm³/mol. The molecule has 0 aliphatic heterocycles. The number of halogens is 1. The van der Waals surface area contributed by atoms with Crippen LogP contribution in [0.4, 0.5) is 0 Å². The van der Waals surface area contributed by atoms with Crippen LogP contribution in [-0.2, 0) is 26.0 Å². The summed E-state index contributed by atoms with van der Waals surface area (Å²) in [7, 11) is -3.63. The monoisotopic (exact) mass is 426 g/mol. The Balaban J connectivity index is 1.84. The summed E-state index contributed by atoms with van der Waals surface area (Å²) < 4.78 is 32.3. The van der Waals surface area contributed by atoms with E-state index in [2.05, 4.69) is 10.0 Å². The van der Waals surface area contributed by atoms with E-state index in [9.17, 15) is 18.0 Å². The third kappa shape index (κ3) is 7.18. The van der Waals surface area contributed by atoms with Gasteiger partial charge in [-0.15, -0.1) is 0 Å². The van der Waals surface area contributed by atoms with Crippen LogP contribution in [0.5, 0.6) is 5.75 Å². The van der Waals surface area contributed by atoms with Gasteiger partial charge >= 0.3 is 5.97 Å². The van der Waals surface area contributed by atoms with E-state index in [4.69, 9.17) is 21.4 Å². The molecule has 0 aliphatic rings. The molecule has 0 unspecified atom stereocenters. The molecule has 0 spiro atoms. The molecule has 0 aromatic heterocycles. The number of benzene rings is 2. The van der Waals surface area contributed by atoms with E-state index in [1.54, 1.807) is 24.3 Å². The molecule has 0 aliphatic carbocycles. The van der Waals surface area contributed by atoms with E-state index >= 15 is 0 Å². The third-order valence-electron chi connectivity index (χ3n) is 3.53. The molecule has 3 N–H and O–H groups in total. The molecule has 0 heterocycles. The molecule has 2 rings (SSSR count). The van der Waals surface area contributed by atoms with Gasteiger partial charge in [-0.1, -0.05) is 23.7 Å². The molecule has 0 saturated carbocycles. The van der Waals surface area contributed by atoms with Crippen molar-refractivity contribution in [1.29, 1.82) is 0 Å². The van der Waals surface area contributed by atoms with Gasteiger partial charge in [0.2, 0.25) is 10.0 Å². The second-order valence-electron chi connectivity index (χ2n) is 5.71. The summed E-state index contributed by atoms with van der Waals surface area (Å²) >= 11 is 5.76. The van der Waals surface area contributed by atoms with Gasteiger partial charge in [0, 0.05) is 11.6 Å². The molecule has 0 saturated heterocycles. The lowest BCUT2D eigenvalue weighted by Gasteiger charge is -2.09. The van der Waals surface area contributed by atoms with Crippen LogP contribution >= 0.6 is 11.6 Å². The largest absolute Gasteiger partial charge is 0.484 e. The maximum absolute atomic E-state index is 12.2. The van der Waals surface area contributed by atoms with Crippen molar-refractivity contribution in [2.75, 3.05) is 19.7 Å². The average Bonchev–Trinajstić information content (AvgIpc) is 2.65.